The van der Waals surface area contributed by atoms with Crippen molar-refractivity contribution in [2.75, 3.05) is 60.6 Å². The molecule has 0 amide bonds. The zero-order chi connectivity index (χ0) is 35.7. The van der Waals surface area contributed by atoms with E-state index in [1.165, 1.54) is 5.56 Å². The maximum Gasteiger partial charge on any atom is 0.203 e. The number of piperidine rings is 1. The molecule has 1 aliphatic heterocycles. The van der Waals surface area contributed by atoms with E-state index in [0.29, 0.717) is 41.3 Å². The van der Waals surface area contributed by atoms with Crippen molar-refractivity contribution in [3.05, 3.63) is 103 Å². The monoisotopic (exact) mass is 798 g/mol. The van der Waals surface area contributed by atoms with Gasteiger partial charge in [-0.05, 0) is 102 Å². The molecule has 2 aromatic heterocycles. The minimum absolute atomic E-state index is 0. The molecule has 0 saturated carbocycles. The Morgan fingerprint density at radius 1 is 0.611 bits per heavy atom. The highest BCUT2D eigenvalue weighted by Crippen LogP contribution is 2.41. The zero-order valence-electron chi connectivity index (χ0n) is 31.4. The van der Waals surface area contributed by atoms with Gasteiger partial charge in [-0.25, -0.2) is 0 Å². The summed E-state index contributed by atoms with van der Waals surface area (Å²) >= 11 is 0. The molecule has 1 aliphatic rings. The first kappa shape index (κ1) is 43.8. The van der Waals surface area contributed by atoms with E-state index < -0.39 is 0 Å². The molecule has 0 radical (unpaired) electrons. The summed E-state index contributed by atoms with van der Waals surface area (Å²) in [5.74, 6) is 4.00. The van der Waals surface area contributed by atoms with Crippen LogP contribution in [0.2, 0.25) is 0 Å². The lowest BCUT2D eigenvalue weighted by Gasteiger charge is -2.40. The van der Waals surface area contributed by atoms with Crippen molar-refractivity contribution < 1.29 is 28.4 Å². The number of methoxy groups -OCH3 is 6. The molecule has 13 heteroatoms. The van der Waals surface area contributed by atoms with E-state index in [9.17, 15) is 0 Å². The topological polar surface area (TPSA) is 87.6 Å². The lowest BCUT2D eigenvalue weighted by molar-refractivity contribution is 0.201. The van der Waals surface area contributed by atoms with Crippen LogP contribution < -0.4 is 33.3 Å². The summed E-state index contributed by atoms with van der Waals surface area (Å²) in [7, 11) is 9.85. The number of pyridine rings is 2. The van der Waals surface area contributed by atoms with Crippen LogP contribution in [0.3, 0.4) is 0 Å². The lowest BCUT2D eigenvalue weighted by Crippen LogP contribution is -2.44. The Kier molecular flexibility index (Phi) is 16.8. The number of anilines is 1. The highest BCUT2D eigenvalue weighted by Gasteiger charge is 2.26. The Labute approximate surface area is 336 Å². The van der Waals surface area contributed by atoms with Crippen LogP contribution in [-0.4, -0.2) is 76.7 Å². The minimum atomic E-state index is 0. The summed E-state index contributed by atoms with van der Waals surface area (Å²) in [6.07, 6.45) is 7.77. The summed E-state index contributed by atoms with van der Waals surface area (Å²) in [4.78, 5) is 14.3. The third-order valence-corrected chi connectivity index (χ3v) is 9.46. The van der Waals surface area contributed by atoms with Crippen molar-refractivity contribution in [3.8, 4) is 56.9 Å². The fourth-order valence-corrected chi connectivity index (χ4v) is 6.75. The quantitative estimate of drug-likeness (QED) is 0.109. The van der Waals surface area contributed by atoms with Crippen molar-refractivity contribution in [1.82, 2.24) is 14.9 Å². The predicted octanol–water partition coefficient (Wildman–Crippen LogP) is 8.80. The highest BCUT2D eigenvalue weighted by atomic mass is 35.5. The van der Waals surface area contributed by atoms with Crippen LogP contribution in [0, 0.1) is 0 Å². The molecular formula is C41H49Cl3N4O6. The van der Waals surface area contributed by atoms with E-state index in [4.69, 9.17) is 28.4 Å². The van der Waals surface area contributed by atoms with Crippen molar-refractivity contribution >= 4 is 42.9 Å². The van der Waals surface area contributed by atoms with Gasteiger partial charge in [0.25, 0.3) is 0 Å². The van der Waals surface area contributed by atoms with Gasteiger partial charge in [0.05, 0.1) is 48.4 Å². The third-order valence-electron chi connectivity index (χ3n) is 9.46. The maximum absolute atomic E-state index is 5.62. The number of benzene rings is 3. The van der Waals surface area contributed by atoms with Crippen LogP contribution in [0.25, 0.3) is 22.4 Å². The van der Waals surface area contributed by atoms with E-state index >= 15 is 0 Å². The standard InChI is InChI=1S/C41H46N4O6.3ClH/c1-46-35-10-8-33(9-11-35)45(27-29-19-32(25-42-24-29)31-22-39(49-4)41(51-6)40(23-31)50-5)34-14-17-44(18-15-34)26-28-13-16-43-36(20-28)30-7-12-37(47-2)38(21-30)48-3;;;/h7-13,16,19-25,34H,14-15,17-18,26-27H2,1-6H3;3*1H. The molecule has 1 fully saturated rings. The minimum Gasteiger partial charge on any atom is -0.497 e. The first-order valence-corrected chi connectivity index (χ1v) is 17.0. The van der Waals surface area contributed by atoms with Gasteiger partial charge in [-0.3, -0.25) is 14.9 Å². The number of halogens is 3. The van der Waals surface area contributed by atoms with Gasteiger partial charge >= 0.3 is 0 Å². The van der Waals surface area contributed by atoms with Gasteiger partial charge < -0.3 is 33.3 Å². The molecule has 54 heavy (non-hydrogen) atoms. The molecule has 0 atom stereocenters. The van der Waals surface area contributed by atoms with E-state index in [0.717, 1.165) is 71.9 Å². The van der Waals surface area contributed by atoms with E-state index in [-0.39, 0.29) is 37.2 Å². The summed E-state index contributed by atoms with van der Waals surface area (Å²) in [6, 6.07) is 25.0. The van der Waals surface area contributed by atoms with Crippen LogP contribution in [0.5, 0.6) is 34.5 Å². The normalized spacial score (nSPS) is 12.6. The second-order valence-corrected chi connectivity index (χ2v) is 12.4. The Morgan fingerprint density at radius 3 is 1.87 bits per heavy atom. The molecule has 0 aliphatic carbocycles. The number of ether oxygens (including phenoxy) is 6. The number of aromatic nitrogens is 2. The van der Waals surface area contributed by atoms with Crippen LogP contribution in [0.15, 0.2) is 91.4 Å². The summed E-state index contributed by atoms with van der Waals surface area (Å²) < 4.78 is 33.2. The number of nitrogens with zero attached hydrogens (tertiary/aromatic N) is 4. The van der Waals surface area contributed by atoms with Crippen molar-refractivity contribution in [3.63, 3.8) is 0 Å². The molecule has 1 saturated heterocycles. The van der Waals surface area contributed by atoms with Crippen LogP contribution in [0.1, 0.15) is 24.0 Å². The summed E-state index contributed by atoms with van der Waals surface area (Å²) in [6.45, 7) is 3.53. The van der Waals surface area contributed by atoms with Crippen molar-refractivity contribution in [2.45, 2.75) is 32.0 Å². The van der Waals surface area contributed by atoms with Gasteiger partial charge in [0, 0.05) is 67.6 Å². The first-order valence-electron chi connectivity index (χ1n) is 17.0. The fraction of sp³-hybridized carbons (Fsp3) is 0.317. The molecular weight excluding hydrogens is 751 g/mol. The molecule has 290 valence electrons. The Hall–Kier alpha value is -4.61. The third kappa shape index (κ3) is 10.1. The molecule has 6 rings (SSSR count). The predicted molar refractivity (Wildman–Crippen MR) is 221 cm³/mol. The van der Waals surface area contributed by atoms with E-state index in [1.54, 1.807) is 42.7 Å². The number of rotatable bonds is 14. The molecule has 10 nitrogen and oxygen atoms in total. The van der Waals surface area contributed by atoms with E-state index in [1.807, 2.05) is 61.1 Å². The number of likely N-dealkylation sites (tertiary alicyclic amines) is 1. The number of hydrogen-bond acceptors (Lipinski definition) is 10. The number of hydrogen-bond donors (Lipinski definition) is 0. The molecule has 5 aromatic rings. The second kappa shape index (κ2) is 20.7. The molecule has 3 heterocycles. The van der Waals surface area contributed by atoms with Crippen LogP contribution in [0.4, 0.5) is 5.69 Å². The van der Waals surface area contributed by atoms with Crippen molar-refractivity contribution in [1.29, 1.82) is 0 Å². The first-order chi connectivity index (χ1) is 25.0. The van der Waals surface area contributed by atoms with Gasteiger partial charge in [0.2, 0.25) is 5.75 Å². The Bertz CT molecular complexity index is 1900. The molecule has 0 unspecified atom stereocenters. The summed E-state index contributed by atoms with van der Waals surface area (Å²) in [5.41, 5.74) is 7.31. The SMILES string of the molecule is COc1ccc(N(Cc2cncc(-c3cc(OC)c(OC)c(OC)c3)c2)C2CCN(Cc3ccnc(-c4ccc(OC)c(OC)c4)c3)CC2)cc1.Cl.Cl.Cl. The zero-order valence-corrected chi connectivity index (χ0v) is 33.9. The smallest absolute Gasteiger partial charge is 0.203 e. The molecule has 0 N–H and O–H groups in total. The Balaban J connectivity index is 0.00000261. The van der Waals surface area contributed by atoms with Gasteiger partial charge in [-0.2, -0.15) is 0 Å². The van der Waals surface area contributed by atoms with Gasteiger partial charge in [-0.15, -0.1) is 37.2 Å². The highest BCUT2D eigenvalue weighted by molar-refractivity contribution is 5.86. The van der Waals surface area contributed by atoms with Crippen LogP contribution >= 0.6 is 37.2 Å². The molecule has 0 spiro atoms. The van der Waals surface area contributed by atoms with Gasteiger partial charge in [0.1, 0.15) is 5.75 Å². The van der Waals surface area contributed by atoms with Gasteiger partial charge in [-0.1, -0.05) is 0 Å². The second-order valence-electron chi connectivity index (χ2n) is 12.4. The average molecular weight is 800 g/mol. The molecule has 0 bridgehead atoms. The summed E-state index contributed by atoms with van der Waals surface area (Å²) in [5, 5.41) is 0. The van der Waals surface area contributed by atoms with Crippen molar-refractivity contribution in [2.24, 2.45) is 0 Å². The lowest BCUT2D eigenvalue weighted by atomic mass is 9.99. The fourth-order valence-electron chi connectivity index (χ4n) is 6.75. The average Bonchev–Trinajstić information content (AvgIpc) is 3.19. The molecule has 3 aromatic carbocycles. The Morgan fingerprint density at radius 2 is 1.26 bits per heavy atom. The van der Waals surface area contributed by atoms with E-state index in [2.05, 4.69) is 50.1 Å². The maximum atomic E-state index is 5.62. The van der Waals surface area contributed by atoms with Gasteiger partial charge in [0.15, 0.2) is 23.0 Å². The van der Waals surface area contributed by atoms with Crippen LogP contribution in [-0.2, 0) is 13.1 Å². The largest absolute Gasteiger partial charge is 0.497 e.